The van der Waals surface area contributed by atoms with Gasteiger partial charge in [-0.05, 0) is 25.1 Å². The van der Waals surface area contributed by atoms with Gasteiger partial charge in [0.05, 0.1) is 16.4 Å². The maximum absolute atomic E-state index is 13.6. The zero-order chi connectivity index (χ0) is 18.6. The lowest BCUT2D eigenvalue weighted by Gasteiger charge is -2.13. The number of carbonyl (C=O) groups excluding carboxylic acids is 1. The number of benzene rings is 1. The molecule has 6 nitrogen and oxygen atoms in total. The summed E-state index contributed by atoms with van der Waals surface area (Å²) in [5, 5.41) is 19.5. The summed E-state index contributed by atoms with van der Waals surface area (Å²) >= 11 is 0.887. The van der Waals surface area contributed by atoms with Crippen LogP contribution in [0.15, 0.2) is 29.3 Å². The maximum atomic E-state index is 13.6. The van der Waals surface area contributed by atoms with Crippen molar-refractivity contribution in [2.45, 2.75) is 17.2 Å². The third-order valence-corrected chi connectivity index (χ3v) is 4.23. The lowest BCUT2D eigenvalue weighted by molar-refractivity contribution is -0.115. The van der Waals surface area contributed by atoms with Crippen molar-refractivity contribution in [3.8, 4) is 12.1 Å². The second-order valence-corrected chi connectivity index (χ2v) is 6.17. The SMILES string of the molecule is C[C@@H](Sc1nc(N)c(C#N)cc1C#N)C(=O)Nc1c(F)cccc1F. The van der Waals surface area contributed by atoms with Crippen LogP contribution in [0.3, 0.4) is 0 Å². The zero-order valence-electron chi connectivity index (χ0n) is 12.9. The molecule has 1 aromatic heterocycles. The van der Waals surface area contributed by atoms with Crippen molar-refractivity contribution in [1.82, 2.24) is 4.98 Å². The zero-order valence-corrected chi connectivity index (χ0v) is 13.7. The van der Waals surface area contributed by atoms with Crippen molar-refractivity contribution in [3.05, 3.63) is 47.0 Å². The van der Waals surface area contributed by atoms with Crippen molar-refractivity contribution >= 4 is 29.2 Å². The van der Waals surface area contributed by atoms with E-state index in [2.05, 4.69) is 10.3 Å². The fourth-order valence-electron chi connectivity index (χ4n) is 1.83. The van der Waals surface area contributed by atoms with Crippen molar-refractivity contribution in [1.29, 1.82) is 10.5 Å². The Bertz CT molecular complexity index is 900. The highest BCUT2D eigenvalue weighted by Gasteiger charge is 2.21. The molecule has 0 bridgehead atoms. The summed E-state index contributed by atoms with van der Waals surface area (Å²) in [6.07, 6.45) is 0. The van der Waals surface area contributed by atoms with Crippen molar-refractivity contribution in [2.24, 2.45) is 0 Å². The standard InChI is InChI=1S/C16H11F2N5OS/c1-8(15(24)22-13-11(17)3-2-4-12(13)18)25-16-10(7-20)5-9(6-19)14(21)23-16/h2-5,8H,1H3,(H2,21,23)(H,22,24)/t8-/m1/s1. The van der Waals surface area contributed by atoms with Crippen LogP contribution in [0.4, 0.5) is 20.3 Å². The highest BCUT2D eigenvalue weighted by molar-refractivity contribution is 8.00. The molecule has 0 aliphatic heterocycles. The predicted octanol–water partition coefficient (Wildman–Crippen LogP) is 2.80. The monoisotopic (exact) mass is 359 g/mol. The van der Waals surface area contributed by atoms with Crippen LogP contribution in [0, 0.1) is 34.3 Å². The van der Waals surface area contributed by atoms with Gasteiger partial charge in [0.15, 0.2) is 0 Å². The number of thioether (sulfide) groups is 1. The number of para-hydroxylation sites is 1. The third kappa shape index (κ3) is 4.03. The fourth-order valence-corrected chi connectivity index (χ4v) is 2.72. The van der Waals surface area contributed by atoms with Crippen LogP contribution >= 0.6 is 11.8 Å². The van der Waals surface area contributed by atoms with Crippen LogP contribution in [-0.4, -0.2) is 16.1 Å². The summed E-state index contributed by atoms with van der Waals surface area (Å²) in [5.74, 6) is -2.55. The molecular formula is C16H11F2N5OS. The lowest BCUT2D eigenvalue weighted by atomic mass is 10.2. The summed E-state index contributed by atoms with van der Waals surface area (Å²) < 4.78 is 27.2. The quantitative estimate of drug-likeness (QED) is 0.811. The molecule has 9 heteroatoms. The Hall–Kier alpha value is -3.17. The number of nitrogen functional groups attached to an aromatic ring is 1. The molecule has 1 amide bonds. The Labute approximate surface area is 146 Å². The Kier molecular flexibility index (Phi) is 5.52. The minimum atomic E-state index is -0.899. The molecule has 0 fully saturated rings. The number of rotatable bonds is 4. The number of aromatic nitrogens is 1. The van der Waals surface area contributed by atoms with Gasteiger partial charge in [-0.1, -0.05) is 17.8 Å². The number of amides is 1. The van der Waals surface area contributed by atoms with E-state index in [1.54, 1.807) is 0 Å². The number of hydrogen-bond donors (Lipinski definition) is 2. The summed E-state index contributed by atoms with van der Waals surface area (Å²) in [6, 6.07) is 8.17. The van der Waals surface area contributed by atoms with Gasteiger partial charge >= 0.3 is 0 Å². The van der Waals surface area contributed by atoms with E-state index in [9.17, 15) is 13.6 Å². The number of hydrogen-bond acceptors (Lipinski definition) is 6. The van der Waals surface area contributed by atoms with Gasteiger partial charge in [-0.25, -0.2) is 13.8 Å². The maximum Gasteiger partial charge on any atom is 0.237 e. The topological polar surface area (TPSA) is 116 Å². The van der Waals surface area contributed by atoms with E-state index in [4.69, 9.17) is 16.3 Å². The van der Waals surface area contributed by atoms with Gasteiger partial charge in [0.1, 0.15) is 40.3 Å². The third-order valence-electron chi connectivity index (χ3n) is 3.13. The number of nitrogens with one attached hydrogen (secondary N) is 1. The normalized spacial score (nSPS) is 11.2. The Balaban J connectivity index is 2.21. The number of carbonyl (C=O) groups is 1. The van der Waals surface area contributed by atoms with E-state index in [1.165, 1.54) is 19.1 Å². The van der Waals surface area contributed by atoms with Crippen LogP contribution in [0.5, 0.6) is 0 Å². The molecule has 0 aliphatic rings. The fraction of sp³-hybridized carbons (Fsp3) is 0.125. The second-order valence-electron chi connectivity index (χ2n) is 4.84. The van der Waals surface area contributed by atoms with E-state index in [0.717, 1.165) is 23.9 Å². The molecule has 2 rings (SSSR count). The first-order valence-electron chi connectivity index (χ1n) is 6.89. The first-order chi connectivity index (χ1) is 11.9. The number of nitrogens with zero attached hydrogens (tertiary/aromatic N) is 3. The minimum Gasteiger partial charge on any atom is -0.383 e. The molecule has 126 valence electrons. The van der Waals surface area contributed by atoms with E-state index in [-0.39, 0.29) is 22.0 Å². The summed E-state index contributed by atoms with van der Waals surface area (Å²) in [7, 11) is 0. The van der Waals surface area contributed by atoms with Gasteiger partial charge < -0.3 is 11.1 Å². The van der Waals surface area contributed by atoms with Crippen LogP contribution < -0.4 is 11.1 Å². The highest BCUT2D eigenvalue weighted by Crippen LogP contribution is 2.28. The van der Waals surface area contributed by atoms with E-state index in [1.807, 2.05) is 12.1 Å². The number of pyridine rings is 1. The smallest absolute Gasteiger partial charge is 0.237 e. The van der Waals surface area contributed by atoms with Gasteiger partial charge in [-0.2, -0.15) is 10.5 Å². The summed E-state index contributed by atoms with van der Waals surface area (Å²) in [4.78, 5) is 16.1. The number of nitriles is 2. The highest BCUT2D eigenvalue weighted by atomic mass is 32.2. The van der Waals surface area contributed by atoms with E-state index >= 15 is 0 Å². The summed E-state index contributed by atoms with van der Waals surface area (Å²) in [5.41, 5.74) is 5.19. The average molecular weight is 359 g/mol. The Morgan fingerprint density at radius 3 is 2.44 bits per heavy atom. The second kappa shape index (κ2) is 7.60. The van der Waals surface area contributed by atoms with Gasteiger partial charge in [-0.3, -0.25) is 4.79 Å². The average Bonchev–Trinajstić information content (AvgIpc) is 2.58. The van der Waals surface area contributed by atoms with Gasteiger partial charge in [0.2, 0.25) is 5.91 Å². The van der Waals surface area contributed by atoms with Crippen molar-refractivity contribution in [2.75, 3.05) is 11.1 Å². The largest absolute Gasteiger partial charge is 0.383 e. The molecule has 0 saturated heterocycles. The van der Waals surface area contributed by atoms with Crippen LogP contribution in [-0.2, 0) is 4.79 Å². The van der Waals surface area contributed by atoms with E-state index in [0.29, 0.717) is 0 Å². The molecule has 0 aliphatic carbocycles. The molecule has 0 radical (unpaired) electrons. The van der Waals surface area contributed by atoms with Gasteiger partial charge in [0.25, 0.3) is 0 Å². The molecule has 1 heterocycles. The molecule has 0 spiro atoms. The number of halogens is 2. The van der Waals surface area contributed by atoms with Crippen LogP contribution in [0.1, 0.15) is 18.1 Å². The molecule has 0 unspecified atom stereocenters. The molecule has 1 atom stereocenters. The van der Waals surface area contributed by atoms with Crippen molar-refractivity contribution < 1.29 is 13.6 Å². The molecule has 0 saturated carbocycles. The summed E-state index contributed by atoms with van der Waals surface area (Å²) in [6.45, 7) is 1.48. The lowest BCUT2D eigenvalue weighted by Crippen LogP contribution is -2.24. The molecular weight excluding hydrogens is 348 g/mol. The first kappa shape index (κ1) is 18.2. The Morgan fingerprint density at radius 1 is 1.28 bits per heavy atom. The molecule has 2 aromatic rings. The Morgan fingerprint density at radius 2 is 1.88 bits per heavy atom. The predicted molar refractivity (Wildman–Crippen MR) is 88.4 cm³/mol. The van der Waals surface area contributed by atoms with Gasteiger partial charge in [-0.15, -0.1) is 0 Å². The molecule has 3 N–H and O–H groups in total. The van der Waals surface area contributed by atoms with Crippen LogP contribution in [0.2, 0.25) is 0 Å². The number of anilines is 2. The first-order valence-corrected chi connectivity index (χ1v) is 7.77. The minimum absolute atomic E-state index is 0.0476. The van der Waals surface area contributed by atoms with Crippen molar-refractivity contribution in [3.63, 3.8) is 0 Å². The molecule has 25 heavy (non-hydrogen) atoms. The van der Waals surface area contributed by atoms with Crippen LogP contribution in [0.25, 0.3) is 0 Å². The van der Waals surface area contributed by atoms with Gasteiger partial charge in [0, 0.05) is 0 Å². The number of nitrogens with two attached hydrogens (primary N) is 1. The van der Waals surface area contributed by atoms with E-state index < -0.39 is 28.5 Å². The molecule has 1 aromatic carbocycles.